The van der Waals surface area contributed by atoms with E-state index in [1.54, 1.807) is 42.5 Å². The first kappa shape index (κ1) is 17.4. The molecular formula is C18H16F2N2O2. The third kappa shape index (κ3) is 4.29. The van der Waals surface area contributed by atoms with Crippen LogP contribution in [-0.4, -0.2) is 12.5 Å². The molecule has 0 aromatic heterocycles. The van der Waals surface area contributed by atoms with Gasteiger partial charge in [0, 0.05) is 11.1 Å². The lowest BCUT2D eigenvalue weighted by atomic mass is 10.0. The zero-order valence-electron chi connectivity index (χ0n) is 13.0. The van der Waals surface area contributed by atoms with Crippen molar-refractivity contribution >= 4 is 5.91 Å². The molecule has 0 heterocycles. The number of nitrogens with one attached hydrogen (secondary N) is 1. The molecule has 0 aliphatic carbocycles. The standard InChI is InChI=1S/C18H16F2N2O2/c1-2-15(14-5-3-4-6-16(14)24-18(19)20)22-17(23)13-9-7-12(11-21)8-10-13/h3-10,15,18H,2H2,1H3,(H,22,23)/t15-/m1/s1. The fourth-order valence-electron chi connectivity index (χ4n) is 2.31. The van der Waals surface area contributed by atoms with Crippen LogP contribution in [0, 0.1) is 11.3 Å². The molecule has 0 radical (unpaired) electrons. The zero-order valence-corrected chi connectivity index (χ0v) is 13.0. The number of alkyl halides is 2. The minimum Gasteiger partial charge on any atom is -0.434 e. The van der Waals surface area contributed by atoms with Crippen LogP contribution in [0.25, 0.3) is 0 Å². The highest BCUT2D eigenvalue weighted by atomic mass is 19.3. The van der Waals surface area contributed by atoms with Crippen molar-refractivity contribution in [1.29, 1.82) is 5.26 Å². The quantitative estimate of drug-likeness (QED) is 0.869. The number of para-hydroxylation sites is 1. The predicted molar refractivity (Wildman–Crippen MR) is 84.7 cm³/mol. The summed E-state index contributed by atoms with van der Waals surface area (Å²) in [6.07, 6.45) is 0.506. The van der Waals surface area contributed by atoms with Gasteiger partial charge in [-0.05, 0) is 36.8 Å². The molecule has 0 saturated carbocycles. The number of amides is 1. The summed E-state index contributed by atoms with van der Waals surface area (Å²) in [5.74, 6) is -0.308. The van der Waals surface area contributed by atoms with Gasteiger partial charge in [0.05, 0.1) is 17.7 Å². The summed E-state index contributed by atoms with van der Waals surface area (Å²) in [6, 6.07) is 14.1. The van der Waals surface area contributed by atoms with Crippen LogP contribution in [-0.2, 0) is 0 Å². The molecule has 2 rings (SSSR count). The topological polar surface area (TPSA) is 62.1 Å². The van der Waals surface area contributed by atoms with Crippen molar-refractivity contribution in [3.63, 3.8) is 0 Å². The monoisotopic (exact) mass is 330 g/mol. The van der Waals surface area contributed by atoms with Gasteiger partial charge in [-0.15, -0.1) is 0 Å². The van der Waals surface area contributed by atoms with E-state index < -0.39 is 12.7 Å². The summed E-state index contributed by atoms with van der Waals surface area (Å²) in [5.41, 5.74) is 1.33. The fraction of sp³-hybridized carbons (Fsp3) is 0.222. The minimum atomic E-state index is -2.93. The molecule has 24 heavy (non-hydrogen) atoms. The number of carbonyl (C=O) groups excluding carboxylic acids is 1. The number of nitriles is 1. The molecule has 0 fully saturated rings. The fourth-order valence-corrected chi connectivity index (χ4v) is 2.31. The maximum absolute atomic E-state index is 12.5. The van der Waals surface area contributed by atoms with Crippen LogP contribution in [0.4, 0.5) is 8.78 Å². The molecule has 0 unspecified atom stereocenters. The maximum Gasteiger partial charge on any atom is 0.387 e. The van der Waals surface area contributed by atoms with E-state index in [-0.39, 0.29) is 11.7 Å². The first-order chi connectivity index (χ1) is 11.5. The Morgan fingerprint density at radius 2 is 1.88 bits per heavy atom. The van der Waals surface area contributed by atoms with Gasteiger partial charge in [-0.25, -0.2) is 0 Å². The molecule has 0 saturated heterocycles. The van der Waals surface area contributed by atoms with Crippen LogP contribution in [0.2, 0.25) is 0 Å². The summed E-state index contributed by atoms with van der Waals surface area (Å²) in [7, 11) is 0. The smallest absolute Gasteiger partial charge is 0.387 e. The van der Waals surface area contributed by atoms with Gasteiger partial charge in [0.1, 0.15) is 5.75 Å². The van der Waals surface area contributed by atoms with Gasteiger partial charge in [0.25, 0.3) is 5.91 Å². The van der Waals surface area contributed by atoms with Gasteiger partial charge in [-0.3, -0.25) is 4.79 Å². The molecule has 0 spiro atoms. The molecule has 4 nitrogen and oxygen atoms in total. The zero-order chi connectivity index (χ0) is 17.5. The van der Waals surface area contributed by atoms with E-state index in [9.17, 15) is 13.6 Å². The Balaban J connectivity index is 2.20. The van der Waals surface area contributed by atoms with E-state index in [0.717, 1.165) is 0 Å². The Kier molecular flexibility index (Phi) is 5.85. The lowest BCUT2D eigenvalue weighted by Crippen LogP contribution is -2.28. The highest BCUT2D eigenvalue weighted by Crippen LogP contribution is 2.28. The van der Waals surface area contributed by atoms with Crippen molar-refractivity contribution in [3.05, 3.63) is 65.2 Å². The van der Waals surface area contributed by atoms with Gasteiger partial charge in [0.2, 0.25) is 0 Å². The highest BCUT2D eigenvalue weighted by molar-refractivity contribution is 5.94. The van der Waals surface area contributed by atoms with Gasteiger partial charge in [-0.2, -0.15) is 14.0 Å². The largest absolute Gasteiger partial charge is 0.434 e. The van der Waals surface area contributed by atoms with Gasteiger partial charge in [0.15, 0.2) is 0 Å². The molecule has 1 atom stereocenters. The van der Waals surface area contributed by atoms with Crippen molar-refractivity contribution in [1.82, 2.24) is 5.32 Å². The van der Waals surface area contributed by atoms with E-state index in [1.807, 2.05) is 13.0 Å². The van der Waals surface area contributed by atoms with E-state index in [2.05, 4.69) is 10.1 Å². The Morgan fingerprint density at radius 1 is 1.21 bits per heavy atom. The summed E-state index contributed by atoms with van der Waals surface area (Å²) >= 11 is 0. The van der Waals surface area contributed by atoms with E-state index >= 15 is 0 Å². The van der Waals surface area contributed by atoms with E-state index in [4.69, 9.17) is 5.26 Å². The predicted octanol–water partition coefficient (Wildman–Crippen LogP) is 4.04. The summed E-state index contributed by atoms with van der Waals surface area (Å²) in [4.78, 5) is 12.3. The SMILES string of the molecule is CC[C@@H](NC(=O)c1ccc(C#N)cc1)c1ccccc1OC(F)F. The summed E-state index contributed by atoms with van der Waals surface area (Å²) in [6.45, 7) is -1.10. The third-order valence-corrected chi connectivity index (χ3v) is 3.50. The van der Waals surface area contributed by atoms with Crippen molar-refractivity contribution in [3.8, 4) is 11.8 Å². The molecule has 6 heteroatoms. The molecule has 0 aliphatic heterocycles. The molecule has 2 aromatic carbocycles. The third-order valence-electron chi connectivity index (χ3n) is 3.50. The molecule has 1 N–H and O–H groups in total. The second-order valence-electron chi connectivity index (χ2n) is 5.04. The maximum atomic E-state index is 12.5. The Hall–Kier alpha value is -2.94. The lowest BCUT2D eigenvalue weighted by Gasteiger charge is -2.20. The number of halogens is 2. The Bertz CT molecular complexity index is 739. The molecule has 0 aliphatic rings. The van der Waals surface area contributed by atoms with Gasteiger partial charge in [-0.1, -0.05) is 25.1 Å². The van der Waals surface area contributed by atoms with Crippen LogP contribution in [0.5, 0.6) is 5.75 Å². The average molecular weight is 330 g/mol. The highest BCUT2D eigenvalue weighted by Gasteiger charge is 2.19. The van der Waals surface area contributed by atoms with Gasteiger partial charge >= 0.3 is 6.61 Å². The number of nitrogens with zero attached hydrogens (tertiary/aromatic N) is 1. The normalized spacial score (nSPS) is 11.6. The van der Waals surface area contributed by atoms with Crippen LogP contribution >= 0.6 is 0 Å². The number of carbonyl (C=O) groups is 1. The number of rotatable bonds is 6. The van der Waals surface area contributed by atoms with E-state index in [1.165, 1.54) is 6.07 Å². The first-order valence-corrected chi connectivity index (χ1v) is 7.40. The number of ether oxygens (including phenoxy) is 1. The van der Waals surface area contributed by atoms with Crippen molar-refractivity contribution < 1.29 is 18.3 Å². The molecule has 1 amide bonds. The lowest BCUT2D eigenvalue weighted by molar-refractivity contribution is -0.0506. The Labute approximate surface area is 138 Å². The number of hydrogen-bond acceptors (Lipinski definition) is 3. The van der Waals surface area contributed by atoms with Crippen molar-refractivity contribution in [2.45, 2.75) is 26.0 Å². The molecular weight excluding hydrogens is 314 g/mol. The minimum absolute atomic E-state index is 0.0412. The van der Waals surface area contributed by atoms with Gasteiger partial charge < -0.3 is 10.1 Å². The van der Waals surface area contributed by atoms with Crippen LogP contribution in [0.15, 0.2) is 48.5 Å². The molecule has 0 bridgehead atoms. The Morgan fingerprint density at radius 3 is 2.46 bits per heavy atom. The number of hydrogen-bond donors (Lipinski definition) is 1. The van der Waals surface area contributed by atoms with Crippen molar-refractivity contribution in [2.24, 2.45) is 0 Å². The molecule has 2 aromatic rings. The van der Waals surface area contributed by atoms with Crippen molar-refractivity contribution in [2.75, 3.05) is 0 Å². The second kappa shape index (κ2) is 8.06. The second-order valence-corrected chi connectivity index (χ2v) is 5.04. The van der Waals surface area contributed by atoms with Crippen LogP contribution in [0.3, 0.4) is 0 Å². The molecule has 124 valence electrons. The average Bonchev–Trinajstić information content (AvgIpc) is 2.59. The first-order valence-electron chi connectivity index (χ1n) is 7.40. The number of benzene rings is 2. The van der Waals surface area contributed by atoms with Crippen LogP contribution in [0.1, 0.15) is 40.9 Å². The van der Waals surface area contributed by atoms with Crippen LogP contribution < -0.4 is 10.1 Å². The summed E-state index contributed by atoms with van der Waals surface area (Å²) < 4.78 is 29.6. The van der Waals surface area contributed by atoms with E-state index in [0.29, 0.717) is 23.1 Å². The summed E-state index contributed by atoms with van der Waals surface area (Å²) in [5, 5.41) is 11.6.